The van der Waals surface area contributed by atoms with E-state index in [0.29, 0.717) is 0 Å². The van der Waals surface area contributed by atoms with Gasteiger partial charge in [0.25, 0.3) is 0 Å². The molecule has 4 heteroatoms. The third kappa shape index (κ3) is 3.51. The molecule has 1 aromatic heterocycles. The van der Waals surface area contributed by atoms with Gasteiger partial charge in [-0.05, 0) is 77.5 Å². The van der Waals surface area contributed by atoms with Crippen LogP contribution in [0.2, 0.25) is 5.02 Å². The topological polar surface area (TPSA) is 37.9 Å². The summed E-state index contributed by atoms with van der Waals surface area (Å²) in [6.07, 6.45) is 6.70. The Morgan fingerprint density at radius 3 is 2.55 bits per heavy atom. The molecule has 0 bridgehead atoms. The van der Waals surface area contributed by atoms with Crippen LogP contribution in [0.4, 0.5) is 0 Å². The molecule has 0 atom stereocenters. The average molecular weight is 407 g/mol. The molecule has 2 heterocycles. The first kappa shape index (κ1) is 18.9. The van der Waals surface area contributed by atoms with Gasteiger partial charge < -0.3 is 9.72 Å². The Bertz CT molecular complexity index is 1090. The van der Waals surface area contributed by atoms with Crippen LogP contribution in [0.25, 0.3) is 22.7 Å². The van der Waals surface area contributed by atoms with Gasteiger partial charge in [0, 0.05) is 18.2 Å². The highest BCUT2D eigenvalue weighted by Crippen LogP contribution is 2.56. The van der Waals surface area contributed by atoms with Crippen molar-refractivity contribution < 1.29 is 4.74 Å². The molecule has 29 heavy (non-hydrogen) atoms. The monoisotopic (exact) mass is 406 g/mol. The van der Waals surface area contributed by atoms with Crippen LogP contribution < -0.4 is 0 Å². The molecule has 0 radical (unpaired) electrons. The molecular formula is C25H27ClN2O. The van der Waals surface area contributed by atoms with Gasteiger partial charge in [-0.25, -0.2) is 4.98 Å². The number of benzene rings is 2. The smallest absolute Gasteiger partial charge is 0.131 e. The Kier molecular flexibility index (Phi) is 4.56. The van der Waals surface area contributed by atoms with Crippen molar-refractivity contribution in [1.29, 1.82) is 0 Å². The second-order valence-corrected chi connectivity index (χ2v) is 9.53. The fraction of sp³-hybridized carbons (Fsp3) is 0.400. The number of fused-ring (bicyclic) bond motifs is 1. The predicted octanol–water partition coefficient (Wildman–Crippen LogP) is 6.63. The number of imidazole rings is 1. The van der Waals surface area contributed by atoms with E-state index in [9.17, 15) is 0 Å². The number of hydrogen-bond acceptors (Lipinski definition) is 2. The first-order valence-electron chi connectivity index (χ1n) is 10.5. The number of allylic oxidation sites excluding steroid dienone is 1. The number of halogens is 1. The van der Waals surface area contributed by atoms with Crippen molar-refractivity contribution in [2.75, 3.05) is 13.2 Å². The zero-order valence-corrected chi connectivity index (χ0v) is 17.9. The SMILES string of the molecule is CC1(/C(=C\c2nc3ccc(C4(C)CCOCC4)cc3[nH]2)c2ccccc2Cl)CC1. The molecule has 3 nitrogen and oxygen atoms in total. The summed E-state index contributed by atoms with van der Waals surface area (Å²) in [5, 5.41) is 0.803. The third-order valence-electron chi connectivity index (χ3n) is 6.89. The maximum Gasteiger partial charge on any atom is 0.131 e. The van der Waals surface area contributed by atoms with Crippen molar-refractivity contribution in [1.82, 2.24) is 9.97 Å². The molecule has 5 rings (SSSR count). The standard InChI is InChI=1S/C25H27ClN2O/c1-24(11-13-29-14-12-24)17-7-8-21-22(15-17)28-23(27-21)16-19(25(2)9-10-25)18-5-3-4-6-20(18)26/h3-8,15-16H,9-14H2,1-2H3,(H,27,28)/b19-16-. The molecule has 2 aliphatic rings. The molecule has 1 saturated carbocycles. The summed E-state index contributed by atoms with van der Waals surface area (Å²) in [4.78, 5) is 8.41. The molecular weight excluding hydrogens is 380 g/mol. The first-order chi connectivity index (χ1) is 14.0. The van der Waals surface area contributed by atoms with Crippen LogP contribution in [0.5, 0.6) is 0 Å². The highest BCUT2D eigenvalue weighted by molar-refractivity contribution is 6.32. The van der Waals surface area contributed by atoms with E-state index in [0.717, 1.165) is 53.5 Å². The number of nitrogens with one attached hydrogen (secondary N) is 1. The van der Waals surface area contributed by atoms with Crippen molar-refractivity contribution in [3.05, 3.63) is 64.4 Å². The Morgan fingerprint density at radius 1 is 1.07 bits per heavy atom. The lowest BCUT2D eigenvalue weighted by atomic mass is 9.76. The molecule has 2 fully saturated rings. The molecule has 1 aliphatic carbocycles. The Hall–Kier alpha value is -2.10. The van der Waals surface area contributed by atoms with Crippen LogP contribution in [0.3, 0.4) is 0 Å². The van der Waals surface area contributed by atoms with Crippen LogP contribution in [0, 0.1) is 5.41 Å². The minimum absolute atomic E-state index is 0.178. The summed E-state index contributed by atoms with van der Waals surface area (Å²) in [5.41, 5.74) is 6.23. The van der Waals surface area contributed by atoms with Crippen molar-refractivity contribution >= 4 is 34.3 Å². The summed E-state index contributed by atoms with van der Waals surface area (Å²) in [7, 11) is 0. The van der Waals surface area contributed by atoms with Gasteiger partial charge in [-0.1, -0.05) is 49.7 Å². The highest BCUT2D eigenvalue weighted by Gasteiger charge is 2.42. The number of aromatic amines is 1. The molecule has 1 saturated heterocycles. The maximum absolute atomic E-state index is 6.54. The molecule has 1 aliphatic heterocycles. The van der Waals surface area contributed by atoms with Gasteiger partial charge in [-0.15, -0.1) is 0 Å². The number of rotatable bonds is 4. The van der Waals surface area contributed by atoms with E-state index in [1.165, 1.54) is 24.0 Å². The second-order valence-electron chi connectivity index (χ2n) is 9.13. The van der Waals surface area contributed by atoms with E-state index in [-0.39, 0.29) is 10.8 Å². The fourth-order valence-electron chi connectivity index (χ4n) is 4.43. The summed E-state index contributed by atoms with van der Waals surface area (Å²) < 4.78 is 5.57. The number of nitrogens with zero attached hydrogens (tertiary/aromatic N) is 1. The third-order valence-corrected chi connectivity index (χ3v) is 7.22. The lowest BCUT2D eigenvalue weighted by Crippen LogP contribution is -2.30. The normalized spacial score (nSPS) is 20.7. The van der Waals surface area contributed by atoms with Gasteiger partial charge in [-0.3, -0.25) is 0 Å². The van der Waals surface area contributed by atoms with Crippen LogP contribution in [-0.2, 0) is 10.2 Å². The van der Waals surface area contributed by atoms with Gasteiger partial charge >= 0.3 is 0 Å². The van der Waals surface area contributed by atoms with Crippen molar-refractivity contribution in [2.45, 2.75) is 44.9 Å². The van der Waals surface area contributed by atoms with E-state index in [4.69, 9.17) is 21.3 Å². The van der Waals surface area contributed by atoms with Gasteiger partial charge in [0.15, 0.2) is 0 Å². The maximum atomic E-state index is 6.54. The van der Waals surface area contributed by atoms with Crippen LogP contribution >= 0.6 is 11.6 Å². The van der Waals surface area contributed by atoms with Crippen LogP contribution in [0.1, 0.15) is 56.5 Å². The minimum Gasteiger partial charge on any atom is -0.381 e. The zero-order valence-electron chi connectivity index (χ0n) is 17.1. The van der Waals surface area contributed by atoms with E-state index in [2.05, 4.69) is 55.2 Å². The minimum atomic E-state index is 0.178. The van der Waals surface area contributed by atoms with E-state index in [1.54, 1.807) is 0 Å². The molecule has 0 spiro atoms. The van der Waals surface area contributed by atoms with Gasteiger partial charge in [-0.2, -0.15) is 0 Å². The molecule has 1 N–H and O–H groups in total. The quantitative estimate of drug-likeness (QED) is 0.528. The fourth-order valence-corrected chi connectivity index (χ4v) is 4.67. The molecule has 0 amide bonds. The number of hydrogen-bond donors (Lipinski definition) is 1. The molecule has 0 unspecified atom stereocenters. The first-order valence-corrected chi connectivity index (χ1v) is 10.9. The molecule has 3 aromatic rings. The van der Waals surface area contributed by atoms with E-state index >= 15 is 0 Å². The van der Waals surface area contributed by atoms with E-state index < -0.39 is 0 Å². The Morgan fingerprint density at radius 2 is 1.83 bits per heavy atom. The van der Waals surface area contributed by atoms with Crippen LogP contribution in [-0.4, -0.2) is 23.2 Å². The van der Waals surface area contributed by atoms with Crippen molar-refractivity contribution in [3.63, 3.8) is 0 Å². The van der Waals surface area contributed by atoms with Crippen molar-refractivity contribution in [2.24, 2.45) is 5.41 Å². The molecule has 150 valence electrons. The number of ether oxygens (including phenoxy) is 1. The Labute approximate surface area is 177 Å². The lowest BCUT2D eigenvalue weighted by Gasteiger charge is -2.34. The van der Waals surface area contributed by atoms with E-state index in [1.807, 2.05) is 12.1 Å². The predicted molar refractivity (Wildman–Crippen MR) is 120 cm³/mol. The zero-order chi connectivity index (χ0) is 20.1. The summed E-state index contributed by atoms with van der Waals surface area (Å²) in [6, 6.07) is 14.8. The van der Waals surface area contributed by atoms with Crippen molar-refractivity contribution in [3.8, 4) is 0 Å². The molecule has 2 aromatic carbocycles. The largest absolute Gasteiger partial charge is 0.381 e. The van der Waals surface area contributed by atoms with Gasteiger partial charge in [0.05, 0.1) is 11.0 Å². The van der Waals surface area contributed by atoms with Gasteiger partial charge in [0.1, 0.15) is 5.82 Å². The Balaban J connectivity index is 1.55. The number of H-pyrrole nitrogens is 1. The number of aromatic nitrogens is 2. The lowest BCUT2D eigenvalue weighted by molar-refractivity contribution is 0.0565. The average Bonchev–Trinajstić information content (AvgIpc) is 3.33. The second kappa shape index (κ2) is 7.00. The van der Waals surface area contributed by atoms with Crippen LogP contribution in [0.15, 0.2) is 42.5 Å². The highest BCUT2D eigenvalue weighted by atomic mass is 35.5. The summed E-state index contributed by atoms with van der Waals surface area (Å²) >= 11 is 6.54. The summed E-state index contributed by atoms with van der Waals surface area (Å²) in [6.45, 7) is 6.34. The van der Waals surface area contributed by atoms with Gasteiger partial charge in [0.2, 0.25) is 0 Å². The summed E-state index contributed by atoms with van der Waals surface area (Å²) in [5.74, 6) is 0.900.